The van der Waals surface area contributed by atoms with Crippen molar-refractivity contribution < 1.29 is 22.9 Å². The maximum absolute atomic E-state index is 13.5. The fourth-order valence-electron chi connectivity index (χ4n) is 3.01. The highest BCUT2D eigenvalue weighted by atomic mass is 19.2. The highest BCUT2D eigenvalue weighted by Gasteiger charge is 2.32. The van der Waals surface area contributed by atoms with Crippen molar-refractivity contribution in [2.45, 2.75) is 25.6 Å². The summed E-state index contributed by atoms with van der Waals surface area (Å²) in [5.74, 6) is -1.81. The van der Waals surface area contributed by atoms with Gasteiger partial charge in [-0.3, -0.25) is 14.5 Å². The number of nitrogens with one attached hydrogen (secondary N) is 1. The Morgan fingerprint density at radius 1 is 1.37 bits per heavy atom. The summed E-state index contributed by atoms with van der Waals surface area (Å²) in [5.41, 5.74) is 0.538. The summed E-state index contributed by atoms with van der Waals surface area (Å²) in [5, 5.41) is 6.34. The van der Waals surface area contributed by atoms with Crippen molar-refractivity contribution in [1.82, 2.24) is 20.3 Å². The minimum absolute atomic E-state index is 0.0276. The number of hydrogen-bond acceptors (Lipinski definition) is 5. The summed E-state index contributed by atoms with van der Waals surface area (Å²) in [4.78, 5) is 28.1. The number of carbonyl (C=O) groups excluding carboxylic acids is 2. The van der Waals surface area contributed by atoms with Crippen LogP contribution in [0.4, 0.5) is 8.78 Å². The quantitative estimate of drug-likeness (QED) is 0.820. The fraction of sp³-hybridized carbons (Fsp3) is 0.389. The summed E-state index contributed by atoms with van der Waals surface area (Å²) in [6, 6.07) is 4.61. The number of amides is 2. The molecule has 2 amide bonds. The molecule has 27 heavy (non-hydrogen) atoms. The van der Waals surface area contributed by atoms with E-state index in [0.29, 0.717) is 24.4 Å². The summed E-state index contributed by atoms with van der Waals surface area (Å²) in [6.07, 6.45) is 1.46. The first-order chi connectivity index (χ1) is 12.9. The zero-order valence-electron chi connectivity index (χ0n) is 14.8. The molecule has 1 aliphatic heterocycles. The first kappa shape index (κ1) is 19.0. The zero-order valence-corrected chi connectivity index (χ0v) is 14.8. The Kier molecular flexibility index (Phi) is 5.80. The van der Waals surface area contributed by atoms with Gasteiger partial charge in [-0.05, 0) is 17.7 Å². The third-order valence-corrected chi connectivity index (χ3v) is 4.49. The number of rotatable bonds is 6. The summed E-state index contributed by atoms with van der Waals surface area (Å²) < 4.78 is 31.6. The van der Waals surface area contributed by atoms with Gasteiger partial charge in [-0.15, -0.1) is 0 Å². The lowest BCUT2D eigenvalue weighted by atomic mass is 10.1. The van der Waals surface area contributed by atoms with E-state index in [1.165, 1.54) is 17.2 Å². The topological polar surface area (TPSA) is 78.7 Å². The Morgan fingerprint density at radius 2 is 2.19 bits per heavy atom. The van der Waals surface area contributed by atoms with Crippen molar-refractivity contribution in [1.29, 1.82) is 0 Å². The molecule has 7 nitrogen and oxygen atoms in total. The summed E-state index contributed by atoms with van der Waals surface area (Å²) >= 11 is 0. The summed E-state index contributed by atoms with van der Waals surface area (Å²) in [6.45, 7) is 1.43. The monoisotopic (exact) mass is 378 g/mol. The third-order valence-electron chi connectivity index (χ3n) is 4.49. The van der Waals surface area contributed by atoms with Gasteiger partial charge in [0.15, 0.2) is 17.4 Å². The van der Waals surface area contributed by atoms with Crippen LogP contribution in [0, 0.1) is 11.6 Å². The van der Waals surface area contributed by atoms with E-state index in [9.17, 15) is 18.4 Å². The van der Waals surface area contributed by atoms with Crippen molar-refractivity contribution in [2.75, 3.05) is 20.1 Å². The smallest absolute Gasteiger partial charge is 0.237 e. The molecule has 1 aromatic carbocycles. The van der Waals surface area contributed by atoms with E-state index in [-0.39, 0.29) is 31.3 Å². The number of carbonyl (C=O) groups is 2. The average molecular weight is 378 g/mol. The molecule has 1 unspecified atom stereocenters. The number of benzene rings is 1. The normalized spacial score (nSPS) is 17.6. The lowest BCUT2D eigenvalue weighted by molar-refractivity contribution is -0.138. The van der Waals surface area contributed by atoms with Gasteiger partial charge in [-0.25, -0.2) is 8.78 Å². The molecular weight excluding hydrogens is 358 g/mol. The molecule has 0 aliphatic carbocycles. The van der Waals surface area contributed by atoms with Crippen LogP contribution >= 0.6 is 0 Å². The van der Waals surface area contributed by atoms with E-state index in [4.69, 9.17) is 4.52 Å². The molecule has 0 bridgehead atoms. The number of piperazine rings is 1. The molecule has 2 heterocycles. The molecule has 1 aromatic heterocycles. The van der Waals surface area contributed by atoms with E-state index >= 15 is 0 Å². The summed E-state index contributed by atoms with van der Waals surface area (Å²) in [7, 11) is 1.62. The second kappa shape index (κ2) is 8.26. The molecule has 1 saturated heterocycles. The molecule has 2 aromatic rings. The lowest BCUT2D eigenvalue weighted by Crippen LogP contribution is -2.56. The van der Waals surface area contributed by atoms with E-state index in [2.05, 4.69) is 10.5 Å². The van der Waals surface area contributed by atoms with Gasteiger partial charge in [-0.1, -0.05) is 11.2 Å². The molecule has 1 atom stereocenters. The molecule has 0 spiro atoms. The Bertz CT molecular complexity index is 813. The van der Waals surface area contributed by atoms with Crippen LogP contribution in [0.15, 0.2) is 35.0 Å². The van der Waals surface area contributed by atoms with Gasteiger partial charge in [0.25, 0.3) is 0 Å². The first-order valence-electron chi connectivity index (χ1n) is 8.53. The van der Waals surface area contributed by atoms with Gasteiger partial charge in [0.1, 0.15) is 0 Å². The van der Waals surface area contributed by atoms with Gasteiger partial charge in [-0.2, -0.15) is 0 Å². The number of halogens is 2. The Balaban J connectivity index is 1.67. The molecular formula is C18H20F2N4O3. The molecule has 1 N–H and O–H groups in total. The van der Waals surface area contributed by atoms with Crippen LogP contribution in [0.25, 0.3) is 0 Å². The fourth-order valence-corrected chi connectivity index (χ4v) is 3.01. The zero-order chi connectivity index (χ0) is 19.4. The van der Waals surface area contributed by atoms with E-state index in [1.54, 1.807) is 18.0 Å². The maximum Gasteiger partial charge on any atom is 0.237 e. The van der Waals surface area contributed by atoms with Crippen molar-refractivity contribution in [2.24, 2.45) is 0 Å². The van der Waals surface area contributed by atoms with Gasteiger partial charge < -0.3 is 14.7 Å². The standard InChI is InChI=1S/C18H20F2N4O3/c1-23(11-13-4-5-22-27-13)17(25)9-16-18(26)21-6-7-24(16)10-12-2-3-14(19)15(20)8-12/h2-5,8,16H,6-7,9-11H2,1H3,(H,21,26). The minimum Gasteiger partial charge on any atom is -0.360 e. The van der Waals surface area contributed by atoms with Crippen molar-refractivity contribution >= 4 is 11.8 Å². The second-order valence-electron chi connectivity index (χ2n) is 6.46. The van der Waals surface area contributed by atoms with Gasteiger partial charge in [0, 0.05) is 32.7 Å². The first-order valence-corrected chi connectivity index (χ1v) is 8.53. The molecule has 0 saturated carbocycles. The molecule has 0 radical (unpaired) electrons. The lowest BCUT2D eigenvalue weighted by Gasteiger charge is -2.35. The van der Waals surface area contributed by atoms with Crippen LogP contribution in [0.5, 0.6) is 0 Å². The van der Waals surface area contributed by atoms with Crippen LogP contribution in [0.2, 0.25) is 0 Å². The number of nitrogens with zero attached hydrogens (tertiary/aromatic N) is 3. The van der Waals surface area contributed by atoms with Gasteiger partial charge in [0.2, 0.25) is 11.8 Å². The largest absolute Gasteiger partial charge is 0.360 e. The molecule has 1 aliphatic rings. The number of aromatic nitrogens is 1. The SMILES string of the molecule is CN(Cc1ccno1)C(=O)CC1C(=O)NCCN1Cc1ccc(F)c(F)c1. The van der Waals surface area contributed by atoms with Crippen LogP contribution < -0.4 is 5.32 Å². The highest BCUT2D eigenvalue weighted by Crippen LogP contribution is 2.17. The van der Waals surface area contributed by atoms with Crippen LogP contribution in [0.1, 0.15) is 17.7 Å². The Hall–Kier alpha value is -2.81. The van der Waals surface area contributed by atoms with E-state index < -0.39 is 17.7 Å². The van der Waals surface area contributed by atoms with Crippen molar-refractivity contribution in [3.63, 3.8) is 0 Å². The van der Waals surface area contributed by atoms with Crippen molar-refractivity contribution in [3.8, 4) is 0 Å². The number of hydrogen-bond donors (Lipinski definition) is 1. The highest BCUT2D eigenvalue weighted by molar-refractivity contribution is 5.88. The predicted molar refractivity (Wildman–Crippen MR) is 91.2 cm³/mol. The van der Waals surface area contributed by atoms with Gasteiger partial charge >= 0.3 is 0 Å². The molecule has 1 fully saturated rings. The van der Waals surface area contributed by atoms with Gasteiger partial charge in [0.05, 0.1) is 25.2 Å². The minimum atomic E-state index is -0.937. The third kappa shape index (κ3) is 4.68. The van der Waals surface area contributed by atoms with E-state index in [0.717, 1.165) is 12.1 Å². The van der Waals surface area contributed by atoms with Crippen LogP contribution in [0.3, 0.4) is 0 Å². The Morgan fingerprint density at radius 3 is 2.89 bits per heavy atom. The molecule has 9 heteroatoms. The predicted octanol–water partition coefficient (Wildman–Crippen LogP) is 1.30. The van der Waals surface area contributed by atoms with E-state index in [1.807, 2.05) is 0 Å². The molecule has 3 rings (SSSR count). The van der Waals surface area contributed by atoms with Crippen LogP contribution in [-0.2, 0) is 22.7 Å². The maximum atomic E-state index is 13.5. The molecule has 144 valence electrons. The average Bonchev–Trinajstić information content (AvgIpc) is 3.14. The second-order valence-corrected chi connectivity index (χ2v) is 6.46. The van der Waals surface area contributed by atoms with Crippen molar-refractivity contribution in [3.05, 3.63) is 53.4 Å². The van der Waals surface area contributed by atoms with Crippen LogP contribution in [-0.4, -0.2) is 52.9 Å². The Labute approximate surface area is 154 Å².